The summed E-state index contributed by atoms with van der Waals surface area (Å²) < 4.78 is 0. The Kier molecular flexibility index (Phi) is 18.5. The third-order valence-corrected chi connectivity index (χ3v) is 4.12. The van der Waals surface area contributed by atoms with Crippen LogP contribution in [0, 0.1) is 0 Å². The van der Waals surface area contributed by atoms with Gasteiger partial charge in [-0.2, -0.15) is 0 Å². The quantitative estimate of drug-likeness (QED) is 0.179. The molecule has 0 rings (SSSR count). The molecule has 110 valence electrons. The molecule has 0 atom stereocenters. The minimum absolute atomic E-state index is 1.28. The van der Waals surface area contributed by atoms with Crippen LogP contribution in [0.15, 0.2) is 12.2 Å². The number of rotatable bonds is 15. The van der Waals surface area contributed by atoms with Crippen LogP contribution in [-0.2, 0) is 0 Å². The van der Waals surface area contributed by atoms with Gasteiger partial charge in [0.2, 0.25) is 0 Å². The molecule has 0 spiro atoms. The maximum absolute atomic E-state index is 2.82. The van der Waals surface area contributed by atoms with Crippen LogP contribution in [0.1, 0.15) is 96.8 Å². The summed E-state index contributed by atoms with van der Waals surface area (Å²) in [5.41, 5.74) is 0. The second-order valence-electron chi connectivity index (χ2n) is 5.73. The van der Waals surface area contributed by atoms with Crippen LogP contribution in [0.25, 0.3) is 0 Å². The predicted octanol–water partition coefficient (Wildman–Crippen LogP) is 6.61. The molecule has 0 saturated carbocycles. The van der Waals surface area contributed by atoms with Gasteiger partial charge < -0.3 is 0 Å². The van der Waals surface area contributed by atoms with Crippen molar-refractivity contribution in [2.24, 2.45) is 0 Å². The summed E-state index contributed by atoms with van der Waals surface area (Å²) in [6.07, 6.45) is 24.5. The number of hydrogen-bond acceptors (Lipinski definition) is 0. The average molecular weight is 278 g/mol. The van der Waals surface area contributed by atoms with Gasteiger partial charge in [-0.3, -0.25) is 0 Å². The molecule has 0 nitrogen and oxygen atoms in total. The Morgan fingerprint density at radius 1 is 0.579 bits per heavy atom. The molecule has 0 bridgehead atoms. The van der Waals surface area contributed by atoms with Crippen molar-refractivity contribution >= 4 is 16.3 Å². The fourth-order valence-corrected chi connectivity index (χ4v) is 2.68. The van der Waals surface area contributed by atoms with E-state index < -0.39 is 0 Å². The first-order chi connectivity index (χ1) is 9.41. The highest BCUT2D eigenvalue weighted by atomic mass is 27.0. The van der Waals surface area contributed by atoms with Crippen molar-refractivity contribution in [3.63, 3.8) is 0 Å². The Labute approximate surface area is 130 Å². The van der Waals surface area contributed by atoms with Gasteiger partial charge in [-0.15, -0.1) is 5.28 Å². The Morgan fingerprint density at radius 3 is 1.47 bits per heavy atom. The third-order valence-electron chi connectivity index (χ3n) is 3.72. The van der Waals surface area contributed by atoms with E-state index in [0.717, 1.165) is 0 Å². The van der Waals surface area contributed by atoms with Crippen LogP contribution in [0.5, 0.6) is 0 Å². The fourth-order valence-electron chi connectivity index (χ4n) is 2.39. The SMILES string of the molecule is CCCCCCCCC=CCCCCCCC[CH2][Al]. The Hall–Kier alpha value is 0.272. The van der Waals surface area contributed by atoms with Crippen molar-refractivity contribution in [1.29, 1.82) is 0 Å². The lowest BCUT2D eigenvalue weighted by molar-refractivity contribution is 0.606. The summed E-state index contributed by atoms with van der Waals surface area (Å²) in [4.78, 5) is 0. The summed E-state index contributed by atoms with van der Waals surface area (Å²) >= 11 is 2.82. The van der Waals surface area contributed by atoms with Crippen LogP contribution in [0.2, 0.25) is 5.28 Å². The molecule has 0 saturated heterocycles. The van der Waals surface area contributed by atoms with Crippen LogP contribution in [0.4, 0.5) is 0 Å². The van der Waals surface area contributed by atoms with E-state index >= 15 is 0 Å². The first-order valence-corrected chi connectivity index (χ1v) is 9.58. The summed E-state index contributed by atoms with van der Waals surface area (Å²) in [7, 11) is 0. The lowest BCUT2D eigenvalue weighted by Crippen LogP contribution is -1.80. The summed E-state index contributed by atoms with van der Waals surface area (Å²) in [5.74, 6) is 0. The van der Waals surface area contributed by atoms with Crippen LogP contribution in [-0.4, -0.2) is 16.3 Å². The molecule has 0 N–H and O–H groups in total. The largest absolute Gasteiger partial charge is 0.118 e. The minimum atomic E-state index is 1.28. The van der Waals surface area contributed by atoms with Gasteiger partial charge in [-0.1, -0.05) is 83.3 Å². The first kappa shape index (κ1) is 19.3. The Bertz CT molecular complexity index is 175. The topological polar surface area (TPSA) is 0 Å². The molecule has 0 fully saturated rings. The normalized spacial score (nSPS) is 11.4. The lowest BCUT2D eigenvalue weighted by Gasteiger charge is -1.99. The van der Waals surface area contributed by atoms with Crippen molar-refractivity contribution in [1.82, 2.24) is 0 Å². The van der Waals surface area contributed by atoms with Gasteiger partial charge in [0.1, 0.15) is 16.3 Å². The zero-order valence-corrected chi connectivity index (χ0v) is 14.5. The molecule has 0 aromatic carbocycles. The minimum Gasteiger partial charge on any atom is -0.118 e. The first-order valence-electron chi connectivity index (χ1n) is 8.77. The van der Waals surface area contributed by atoms with E-state index in [9.17, 15) is 0 Å². The van der Waals surface area contributed by atoms with Crippen LogP contribution in [0.3, 0.4) is 0 Å². The maximum Gasteiger partial charge on any atom is 0.118 e. The van der Waals surface area contributed by atoms with E-state index in [4.69, 9.17) is 0 Å². The maximum atomic E-state index is 2.82. The fraction of sp³-hybridized carbons (Fsp3) is 0.889. The summed E-state index contributed by atoms with van der Waals surface area (Å²) in [5, 5.41) is 1.28. The van der Waals surface area contributed by atoms with Gasteiger partial charge in [0.25, 0.3) is 0 Å². The van der Waals surface area contributed by atoms with Crippen molar-refractivity contribution in [3.05, 3.63) is 12.2 Å². The predicted molar refractivity (Wildman–Crippen MR) is 90.0 cm³/mol. The van der Waals surface area contributed by atoms with Gasteiger partial charge in [0.05, 0.1) is 0 Å². The molecule has 19 heavy (non-hydrogen) atoms. The smallest absolute Gasteiger partial charge is 0.118 e. The molecular formula is C18H35Al. The second-order valence-corrected chi connectivity index (χ2v) is 6.30. The Morgan fingerprint density at radius 2 is 1.00 bits per heavy atom. The highest BCUT2D eigenvalue weighted by molar-refractivity contribution is 6.08. The van der Waals surface area contributed by atoms with E-state index in [0.29, 0.717) is 0 Å². The van der Waals surface area contributed by atoms with Gasteiger partial charge >= 0.3 is 0 Å². The monoisotopic (exact) mass is 278 g/mol. The molecule has 0 aliphatic heterocycles. The molecule has 0 amide bonds. The highest BCUT2D eigenvalue weighted by Gasteiger charge is 1.90. The molecule has 0 aliphatic rings. The van der Waals surface area contributed by atoms with E-state index in [-0.39, 0.29) is 0 Å². The van der Waals surface area contributed by atoms with E-state index in [1.165, 1.54) is 95.2 Å². The van der Waals surface area contributed by atoms with Gasteiger partial charge in [0.15, 0.2) is 0 Å². The van der Waals surface area contributed by atoms with Crippen molar-refractivity contribution < 1.29 is 0 Å². The molecule has 0 aromatic rings. The van der Waals surface area contributed by atoms with E-state index in [1.54, 1.807) is 0 Å². The van der Waals surface area contributed by atoms with E-state index in [2.05, 4.69) is 35.4 Å². The molecule has 0 unspecified atom stereocenters. The highest BCUT2D eigenvalue weighted by Crippen LogP contribution is 2.10. The third kappa shape index (κ3) is 18.3. The standard InChI is InChI=1S/C18H35.Al/c1-3-5-7-9-11-13-15-17-18-16-14-12-10-8-6-4-2;/h17-18H,1,3-16H2,2H3;. The van der Waals surface area contributed by atoms with Crippen molar-refractivity contribution in [2.75, 3.05) is 0 Å². The number of allylic oxidation sites excluding steroid dienone is 2. The van der Waals surface area contributed by atoms with Crippen molar-refractivity contribution in [2.45, 2.75) is 102 Å². The lowest BCUT2D eigenvalue weighted by atomic mass is 10.1. The summed E-state index contributed by atoms with van der Waals surface area (Å²) in [6.45, 7) is 2.28. The molecule has 0 aromatic heterocycles. The zero-order valence-electron chi connectivity index (χ0n) is 13.3. The van der Waals surface area contributed by atoms with Crippen LogP contribution >= 0.6 is 0 Å². The zero-order chi connectivity index (χ0) is 14.0. The Balaban J connectivity index is 3.01. The van der Waals surface area contributed by atoms with Gasteiger partial charge in [0, 0.05) is 0 Å². The molecule has 1 heteroatoms. The average Bonchev–Trinajstić information content (AvgIpc) is 2.43. The molecule has 0 heterocycles. The summed E-state index contributed by atoms with van der Waals surface area (Å²) in [6, 6.07) is 0. The van der Waals surface area contributed by atoms with Gasteiger partial charge in [-0.05, 0) is 25.7 Å². The number of unbranched alkanes of at least 4 members (excludes halogenated alkanes) is 12. The van der Waals surface area contributed by atoms with Crippen molar-refractivity contribution in [3.8, 4) is 0 Å². The molecule has 2 radical (unpaired) electrons. The number of hydrogen-bond donors (Lipinski definition) is 0. The second kappa shape index (κ2) is 18.3. The van der Waals surface area contributed by atoms with E-state index in [1.807, 2.05) is 0 Å². The molecule has 0 aliphatic carbocycles. The molecular weight excluding hydrogens is 243 g/mol. The van der Waals surface area contributed by atoms with Crippen LogP contribution < -0.4 is 0 Å². The van der Waals surface area contributed by atoms with Gasteiger partial charge in [-0.25, -0.2) is 0 Å².